The van der Waals surface area contributed by atoms with Crippen LogP contribution in [-0.2, 0) is 31.0 Å². The first-order chi connectivity index (χ1) is 22.4. The molecule has 0 unspecified atom stereocenters. The molecule has 0 saturated carbocycles. The van der Waals surface area contributed by atoms with Gasteiger partial charge in [-0.25, -0.2) is 19.2 Å². The van der Waals surface area contributed by atoms with Crippen LogP contribution < -0.4 is 4.74 Å². The number of nitriles is 1. The quantitative estimate of drug-likeness (QED) is 0.180. The summed E-state index contributed by atoms with van der Waals surface area (Å²) in [5.41, 5.74) is 3.91. The highest BCUT2D eigenvalue weighted by atomic mass is 19.1. The normalized spacial score (nSPS) is 13.7. The zero-order valence-corrected chi connectivity index (χ0v) is 26.7. The van der Waals surface area contributed by atoms with E-state index < -0.39 is 5.82 Å². The Hall–Kier alpha value is -5.02. The second kappa shape index (κ2) is 14.8. The Bertz CT molecular complexity index is 1830. The van der Waals surface area contributed by atoms with Crippen molar-refractivity contribution >= 4 is 17.0 Å². The van der Waals surface area contributed by atoms with Gasteiger partial charge in [0, 0.05) is 43.7 Å². The molecule has 1 saturated heterocycles. The van der Waals surface area contributed by atoms with Crippen molar-refractivity contribution in [1.82, 2.24) is 33.8 Å². The van der Waals surface area contributed by atoms with Crippen LogP contribution in [0.15, 0.2) is 61.2 Å². The fourth-order valence-electron chi connectivity index (χ4n) is 5.67. The summed E-state index contributed by atoms with van der Waals surface area (Å²) in [6.07, 6.45) is 7.41. The molecular formula is C34H39FN8O3. The number of halogens is 1. The summed E-state index contributed by atoms with van der Waals surface area (Å²) >= 11 is 0. The van der Waals surface area contributed by atoms with E-state index in [1.807, 2.05) is 55.5 Å². The number of carbonyl (C=O) groups is 1. The second-order valence-electron chi connectivity index (χ2n) is 10.8. The van der Waals surface area contributed by atoms with Gasteiger partial charge in [-0.1, -0.05) is 19.9 Å². The Labute approximate surface area is 267 Å². The maximum Gasteiger partial charge on any atom is 0.337 e. The smallest absolute Gasteiger partial charge is 0.337 e. The van der Waals surface area contributed by atoms with Crippen LogP contribution >= 0.6 is 0 Å². The number of aromatic nitrogens is 6. The van der Waals surface area contributed by atoms with Crippen molar-refractivity contribution < 1.29 is 18.7 Å². The number of hydrogen-bond acceptors (Lipinski definition) is 8. The summed E-state index contributed by atoms with van der Waals surface area (Å²) in [6, 6.07) is 13.8. The lowest BCUT2D eigenvalue weighted by Crippen LogP contribution is -2.35. The maximum atomic E-state index is 14.2. The Balaban J connectivity index is 0.00000204. The van der Waals surface area contributed by atoms with Crippen molar-refractivity contribution in [1.29, 1.82) is 5.26 Å². The Kier molecular flexibility index (Phi) is 10.4. The van der Waals surface area contributed by atoms with Crippen molar-refractivity contribution in [3.63, 3.8) is 0 Å². The van der Waals surface area contributed by atoms with Gasteiger partial charge in [0.25, 0.3) is 0 Å². The van der Waals surface area contributed by atoms with Crippen molar-refractivity contribution in [2.45, 2.75) is 65.9 Å². The number of nitrogens with zero attached hydrogens (tertiary/aromatic N) is 8. The standard InChI is InChI=1S/C32H33FN8O3.C2H6/c1-3-39-21-35-17-26(39)18-40-29-15-23(32(42)43-2)6-7-28(29)36-30(40)19-38-11-8-25(9-12-38)41-13-10-31(37-41)44-20-24-5-4-22(16-34)14-27(24)33;1-2/h4-7,10,13-15,17,21,25H,3,8-9,11-12,18-20H2,1-2H3;1-2H3. The van der Waals surface area contributed by atoms with Crippen LogP contribution in [-0.4, -0.2) is 60.0 Å². The number of ether oxygens (including phenoxy) is 2. The summed E-state index contributed by atoms with van der Waals surface area (Å²) in [7, 11) is 1.38. The van der Waals surface area contributed by atoms with Crippen LogP contribution in [0.3, 0.4) is 0 Å². The molecule has 1 aliphatic heterocycles. The molecule has 0 radical (unpaired) electrons. The highest BCUT2D eigenvalue weighted by molar-refractivity contribution is 5.93. The minimum atomic E-state index is -0.468. The van der Waals surface area contributed by atoms with Gasteiger partial charge in [0.05, 0.1) is 66.5 Å². The number of benzene rings is 2. The Morgan fingerprint density at radius 1 is 1.11 bits per heavy atom. The van der Waals surface area contributed by atoms with Crippen LogP contribution in [0.2, 0.25) is 0 Å². The number of hydrogen-bond donors (Lipinski definition) is 0. The number of esters is 1. The van der Waals surface area contributed by atoms with Gasteiger partial charge in [0.1, 0.15) is 18.2 Å². The van der Waals surface area contributed by atoms with Gasteiger partial charge in [-0.3, -0.25) is 9.58 Å². The van der Waals surface area contributed by atoms with E-state index >= 15 is 0 Å². The number of aryl methyl sites for hydroxylation is 1. The Morgan fingerprint density at radius 2 is 1.91 bits per heavy atom. The summed E-state index contributed by atoms with van der Waals surface area (Å²) < 4.78 is 31.1. The third kappa shape index (κ3) is 7.10. The van der Waals surface area contributed by atoms with Gasteiger partial charge < -0.3 is 18.6 Å². The molecule has 1 aliphatic rings. The number of methoxy groups -OCH3 is 1. The van der Waals surface area contributed by atoms with Gasteiger partial charge in [-0.05, 0) is 50.1 Å². The van der Waals surface area contributed by atoms with Crippen LogP contribution in [0.4, 0.5) is 4.39 Å². The molecule has 46 heavy (non-hydrogen) atoms. The largest absolute Gasteiger partial charge is 0.472 e. The zero-order valence-electron chi connectivity index (χ0n) is 26.7. The topological polar surface area (TPSA) is 116 Å². The average molecular weight is 627 g/mol. The predicted octanol–water partition coefficient (Wildman–Crippen LogP) is 5.74. The summed E-state index contributed by atoms with van der Waals surface area (Å²) in [6.45, 7) is 9.91. The number of piperidine rings is 1. The molecule has 0 aliphatic carbocycles. The Morgan fingerprint density at radius 3 is 2.63 bits per heavy atom. The monoisotopic (exact) mass is 626 g/mol. The van der Waals surface area contributed by atoms with Crippen LogP contribution in [0.1, 0.15) is 72.7 Å². The van der Waals surface area contributed by atoms with E-state index in [4.69, 9.17) is 19.7 Å². The minimum absolute atomic E-state index is 0.0359. The van der Waals surface area contributed by atoms with Crippen LogP contribution in [0.25, 0.3) is 11.0 Å². The second-order valence-corrected chi connectivity index (χ2v) is 10.8. The number of imidazole rings is 2. The lowest BCUT2D eigenvalue weighted by Gasteiger charge is -2.31. The van der Waals surface area contributed by atoms with Gasteiger partial charge >= 0.3 is 5.97 Å². The van der Waals surface area contributed by atoms with E-state index in [9.17, 15) is 9.18 Å². The molecule has 12 heteroatoms. The molecule has 0 spiro atoms. The van der Waals surface area contributed by atoms with Crippen molar-refractivity contribution in [2.75, 3.05) is 20.2 Å². The highest BCUT2D eigenvalue weighted by Gasteiger charge is 2.24. The molecule has 11 nitrogen and oxygen atoms in total. The van der Waals surface area contributed by atoms with E-state index in [2.05, 4.69) is 31.0 Å². The molecule has 0 amide bonds. The molecule has 0 atom stereocenters. The predicted molar refractivity (Wildman–Crippen MR) is 171 cm³/mol. The molecule has 3 aromatic heterocycles. The molecule has 240 valence electrons. The summed E-state index contributed by atoms with van der Waals surface area (Å²) in [5, 5.41) is 13.5. The fraction of sp³-hybridized carbons (Fsp3) is 0.382. The molecular weight excluding hydrogens is 587 g/mol. The maximum absolute atomic E-state index is 14.2. The van der Waals surface area contributed by atoms with Gasteiger partial charge in [0.2, 0.25) is 5.88 Å². The van der Waals surface area contributed by atoms with Gasteiger partial charge in [-0.15, -0.1) is 5.10 Å². The fourth-order valence-corrected chi connectivity index (χ4v) is 5.67. The third-order valence-electron chi connectivity index (χ3n) is 8.15. The van der Waals surface area contributed by atoms with Gasteiger partial charge in [0.15, 0.2) is 0 Å². The van der Waals surface area contributed by atoms with E-state index in [1.165, 1.54) is 13.2 Å². The molecule has 1 fully saturated rings. The average Bonchev–Trinajstić information content (AvgIpc) is 3.84. The first kappa shape index (κ1) is 32.4. The highest BCUT2D eigenvalue weighted by Crippen LogP contribution is 2.27. The molecule has 4 heterocycles. The van der Waals surface area contributed by atoms with Crippen molar-refractivity contribution in [2.24, 2.45) is 0 Å². The number of fused-ring (bicyclic) bond motifs is 1. The third-order valence-corrected chi connectivity index (χ3v) is 8.15. The van der Waals surface area contributed by atoms with E-state index in [-0.39, 0.29) is 24.2 Å². The lowest BCUT2D eigenvalue weighted by molar-refractivity contribution is 0.0601. The lowest BCUT2D eigenvalue weighted by atomic mass is 10.1. The van der Waals surface area contributed by atoms with E-state index in [0.717, 1.165) is 55.0 Å². The zero-order chi connectivity index (χ0) is 32.6. The van der Waals surface area contributed by atoms with Crippen LogP contribution in [0.5, 0.6) is 5.88 Å². The number of likely N-dealkylation sites (tertiary alicyclic amines) is 1. The first-order valence-corrected chi connectivity index (χ1v) is 15.6. The van der Waals surface area contributed by atoms with Crippen molar-refractivity contribution in [3.05, 3.63) is 95.2 Å². The van der Waals surface area contributed by atoms with Gasteiger partial charge in [-0.2, -0.15) is 5.26 Å². The first-order valence-electron chi connectivity index (χ1n) is 15.6. The van der Waals surface area contributed by atoms with Crippen LogP contribution in [0, 0.1) is 17.1 Å². The molecule has 2 aromatic carbocycles. The van der Waals surface area contributed by atoms with Crippen molar-refractivity contribution in [3.8, 4) is 11.9 Å². The number of rotatable bonds is 10. The molecule has 5 aromatic rings. The number of carbonyl (C=O) groups excluding carboxylic acids is 1. The molecule has 6 rings (SSSR count). The summed E-state index contributed by atoms with van der Waals surface area (Å²) in [5.74, 6) is 0.511. The molecule has 0 N–H and O–H groups in total. The van der Waals surface area contributed by atoms with E-state index in [1.54, 1.807) is 24.3 Å². The minimum Gasteiger partial charge on any atom is -0.472 e. The summed E-state index contributed by atoms with van der Waals surface area (Å²) in [4.78, 5) is 24.0. The van der Waals surface area contributed by atoms with E-state index in [0.29, 0.717) is 30.1 Å². The molecule has 0 bridgehead atoms. The SMILES string of the molecule is CC.CCn1cncc1Cn1c(CN2CCC(n3ccc(OCc4ccc(C#N)cc4F)n3)CC2)nc2ccc(C(=O)OC)cc21.